The molecule has 6 aromatic rings. The zero-order chi connectivity index (χ0) is 43.6. The zero-order valence-electron chi connectivity index (χ0n) is 35.2. The van der Waals surface area contributed by atoms with E-state index in [1.807, 2.05) is 46.2 Å². The monoisotopic (exact) mass is 938 g/mol. The molecule has 0 saturated carbocycles. The molecular formula is C46H50N8O6S4. The van der Waals surface area contributed by atoms with Gasteiger partial charge in [-0.25, -0.2) is 9.97 Å². The maximum absolute atomic E-state index is 13.1. The van der Waals surface area contributed by atoms with E-state index in [1.165, 1.54) is 32.1 Å². The highest BCUT2D eigenvalue weighted by Crippen LogP contribution is 2.37. The Kier molecular flexibility index (Phi) is 13.1. The molecule has 4 saturated heterocycles. The first-order valence-corrected chi connectivity index (χ1v) is 25.4. The predicted molar refractivity (Wildman–Crippen MR) is 253 cm³/mol. The van der Waals surface area contributed by atoms with Gasteiger partial charge in [0.1, 0.15) is 10.0 Å². The van der Waals surface area contributed by atoms with Crippen molar-refractivity contribution in [2.75, 3.05) is 63.1 Å². The van der Waals surface area contributed by atoms with Gasteiger partial charge in [-0.1, -0.05) is 37.1 Å². The third-order valence-corrected chi connectivity index (χ3v) is 16.7. The fraction of sp³-hybridized carbons (Fsp3) is 0.435. The highest BCUT2D eigenvalue weighted by atomic mass is 32.1. The van der Waals surface area contributed by atoms with E-state index in [4.69, 9.17) is 19.4 Å². The minimum atomic E-state index is -0.343. The van der Waals surface area contributed by atoms with Gasteiger partial charge in [0.15, 0.2) is 0 Å². The van der Waals surface area contributed by atoms with Gasteiger partial charge < -0.3 is 40.5 Å². The summed E-state index contributed by atoms with van der Waals surface area (Å²) in [4.78, 5) is 66.8. The van der Waals surface area contributed by atoms with E-state index in [0.717, 1.165) is 46.7 Å². The number of carbonyl (C=O) groups excluding carboxylic acids is 4. The molecule has 18 heteroatoms. The molecule has 2 aromatic carbocycles. The van der Waals surface area contributed by atoms with Crippen LogP contribution >= 0.6 is 45.3 Å². The smallest absolute Gasteiger partial charge is 0.264 e. The van der Waals surface area contributed by atoms with Crippen LogP contribution in [0.15, 0.2) is 72.8 Å². The Hall–Kier alpha value is -4.66. The molecule has 0 unspecified atom stereocenters. The number of nitrogens with one attached hydrogen (secondary N) is 4. The maximum atomic E-state index is 13.1. The number of thiazole rings is 2. The Morgan fingerprint density at radius 3 is 1.45 bits per heavy atom. The summed E-state index contributed by atoms with van der Waals surface area (Å²) in [5.41, 5.74) is 2.02. The van der Waals surface area contributed by atoms with Crippen LogP contribution in [0.1, 0.15) is 79.7 Å². The number of para-hydroxylation sites is 2. The van der Waals surface area contributed by atoms with E-state index in [2.05, 4.69) is 33.4 Å². The summed E-state index contributed by atoms with van der Waals surface area (Å²) >= 11 is 6.02. The zero-order valence-corrected chi connectivity index (χ0v) is 38.4. The lowest BCUT2D eigenvalue weighted by Crippen LogP contribution is -2.48. The number of thiophene rings is 2. The Labute approximate surface area is 386 Å². The SMILES string of the molecule is O=C(Nc1ccc(C(=O)N2CC(c3nc4ccccc4s3)C2)s1)[C@@H]1C[C@@H](OCCCCCCO[C@H]2CN[C@H](C(=O)Nc3ccc(C(=O)N4CC(c5nc6ccccc6s5)C4)s3)C2)CN1. The predicted octanol–water partition coefficient (Wildman–Crippen LogP) is 7.14. The quantitative estimate of drug-likeness (QED) is 0.0691. The van der Waals surface area contributed by atoms with Crippen molar-refractivity contribution in [3.05, 3.63) is 92.6 Å². The number of fused-ring (bicyclic) bond motifs is 2. The number of aromatic nitrogens is 2. The lowest BCUT2D eigenvalue weighted by Gasteiger charge is -2.37. The Balaban J connectivity index is 0.555. The first-order valence-electron chi connectivity index (χ1n) is 22.1. The molecule has 14 nitrogen and oxygen atoms in total. The van der Waals surface area contributed by atoms with Gasteiger partial charge in [-0.05, 0) is 74.2 Å². The molecule has 4 aliphatic heterocycles. The molecule has 4 amide bonds. The molecule has 10 rings (SSSR count). The lowest BCUT2D eigenvalue weighted by atomic mass is 10.0. The van der Waals surface area contributed by atoms with Crippen LogP contribution in [0.3, 0.4) is 0 Å². The number of ether oxygens (including phenoxy) is 2. The van der Waals surface area contributed by atoms with Crippen LogP contribution in [0.25, 0.3) is 20.4 Å². The number of nitrogens with zero attached hydrogens (tertiary/aromatic N) is 4. The van der Waals surface area contributed by atoms with E-state index in [1.54, 1.807) is 46.9 Å². The largest absolute Gasteiger partial charge is 0.377 e. The van der Waals surface area contributed by atoms with Gasteiger partial charge in [-0.2, -0.15) is 0 Å². The van der Waals surface area contributed by atoms with Crippen LogP contribution in [0.5, 0.6) is 0 Å². The summed E-state index contributed by atoms with van der Waals surface area (Å²) in [7, 11) is 0. The van der Waals surface area contributed by atoms with Crippen molar-refractivity contribution in [3.63, 3.8) is 0 Å². The van der Waals surface area contributed by atoms with Gasteiger partial charge in [0.2, 0.25) is 11.8 Å². The van der Waals surface area contributed by atoms with Crippen LogP contribution < -0.4 is 21.3 Å². The second-order valence-electron chi connectivity index (χ2n) is 17.0. The second-order valence-corrected chi connectivity index (χ2v) is 21.2. The van der Waals surface area contributed by atoms with Gasteiger partial charge >= 0.3 is 0 Å². The molecule has 4 aliphatic rings. The summed E-state index contributed by atoms with van der Waals surface area (Å²) in [6.45, 7) is 5.15. The summed E-state index contributed by atoms with van der Waals surface area (Å²) in [6, 6.07) is 22.7. The summed E-state index contributed by atoms with van der Waals surface area (Å²) < 4.78 is 14.5. The summed E-state index contributed by atoms with van der Waals surface area (Å²) in [5, 5.41) is 16.0. The average Bonchev–Trinajstić information content (AvgIpc) is 4.13. The van der Waals surface area contributed by atoms with Crippen molar-refractivity contribution in [1.82, 2.24) is 30.4 Å². The van der Waals surface area contributed by atoms with Crippen molar-refractivity contribution >= 4 is 99.4 Å². The van der Waals surface area contributed by atoms with Crippen LogP contribution in [0, 0.1) is 0 Å². The number of unbranched alkanes of at least 4 members (excludes halogenated alkanes) is 3. The van der Waals surface area contributed by atoms with Crippen LogP contribution in [-0.4, -0.2) is 120 Å². The topological polar surface area (TPSA) is 167 Å². The lowest BCUT2D eigenvalue weighted by molar-refractivity contribution is -0.118. The molecule has 4 atom stereocenters. The molecule has 0 spiro atoms. The summed E-state index contributed by atoms with van der Waals surface area (Å²) in [6.07, 6.45) is 5.08. The van der Waals surface area contributed by atoms with Crippen molar-refractivity contribution in [1.29, 1.82) is 0 Å². The van der Waals surface area contributed by atoms with E-state index < -0.39 is 0 Å². The number of rotatable bonds is 17. The molecule has 4 N–H and O–H groups in total. The molecule has 8 heterocycles. The molecule has 0 bridgehead atoms. The molecular weight excluding hydrogens is 889 g/mol. The second kappa shape index (κ2) is 19.4. The van der Waals surface area contributed by atoms with Crippen LogP contribution in [0.4, 0.5) is 10.0 Å². The highest BCUT2D eigenvalue weighted by molar-refractivity contribution is 7.19. The first kappa shape index (κ1) is 43.2. The van der Waals surface area contributed by atoms with Gasteiger partial charge in [-0.3, -0.25) is 19.2 Å². The fourth-order valence-corrected chi connectivity index (χ4v) is 12.5. The number of amides is 4. The maximum Gasteiger partial charge on any atom is 0.264 e. The minimum absolute atomic E-state index is 0.0105. The average molecular weight is 939 g/mol. The van der Waals surface area contributed by atoms with E-state index in [9.17, 15) is 19.2 Å². The number of anilines is 2. The molecule has 0 radical (unpaired) electrons. The van der Waals surface area contributed by atoms with Gasteiger partial charge in [0, 0.05) is 64.3 Å². The van der Waals surface area contributed by atoms with Gasteiger partial charge in [-0.15, -0.1) is 45.3 Å². The van der Waals surface area contributed by atoms with E-state index in [-0.39, 0.29) is 59.8 Å². The van der Waals surface area contributed by atoms with E-state index >= 15 is 0 Å². The number of carbonyl (C=O) groups is 4. The van der Waals surface area contributed by atoms with Crippen molar-refractivity contribution in [2.45, 2.75) is 74.7 Å². The Bertz CT molecular complexity index is 2390. The summed E-state index contributed by atoms with van der Waals surface area (Å²) in [5.74, 6) is 0.280. The first-order chi connectivity index (χ1) is 31.3. The minimum Gasteiger partial charge on any atom is -0.377 e. The molecule has 64 heavy (non-hydrogen) atoms. The van der Waals surface area contributed by atoms with Gasteiger partial charge in [0.25, 0.3) is 11.8 Å². The third kappa shape index (κ3) is 9.79. The molecule has 0 aliphatic carbocycles. The van der Waals surface area contributed by atoms with E-state index in [0.29, 0.717) is 85.1 Å². The number of benzene rings is 2. The van der Waals surface area contributed by atoms with Crippen LogP contribution in [-0.2, 0) is 19.1 Å². The number of hydrogen-bond donors (Lipinski definition) is 4. The fourth-order valence-electron chi connectivity index (χ4n) is 8.62. The normalized spacial score (nSPS) is 21.4. The molecule has 334 valence electrons. The highest BCUT2D eigenvalue weighted by Gasteiger charge is 2.37. The standard InChI is InChI=1S/C46H50N8O6S4/c55-41(51-39-15-13-37(61-39)45(57)53-23-27(24-53)43-49-31-9-3-5-11-35(31)63-43)33-19-29(21-47-33)59-17-7-1-2-8-18-60-30-20-34(48-22-30)42(56)52-40-16-14-38(62-40)46(58)54-25-28(26-54)44-50-32-10-4-6-12-36(32)64-44/h3-6,9-16,27-30,33-34,47-48H,1-2,7-8,17-26H2,(H,51,55)(H,52,56)/t29-,30-,33+,34+/m1/s1. The van der Waals surface area contributed by atoms with Crippen molar-refractivity contribution in [3.8, 4) is 0 Å². The molecule has 4 aromatic heterocycles. The van der Waals surface area contributed by atoms with Crippen LogP contribution in [0.2, 0.25) is 0 Å². The third-order valence-electron chi connectivity index (χ3n) is 12.3. The van der Waals surface area contributed by atoms with Crippen molar-refractivity contribution < 1.29 is 28.7 Å². The molecule has 4 fully saturated rings. The van der Waals surface area contributed by atoms with Gasteiger partial charge in [0.05, 0.1) is 64.5 Å². The Morgan fingerprint density at radius 2 is 1.02 bits per heavy atom. The van der Waals surface area contributed by atoms with Crippen molar-refractivity contribution in [2.24, 2.45) is 0 Å². The number of likely N-dealkylation sites (tertiary alicyclic amines) is 2. The number of hydrogen-bond acceptors (Lipinski definition) is 14. The Morgan fingerprint density at radius 1 is 0.578 bits per heavy atom.